The molecule has 13 rings (SSSR count). The number of hydrogen-bond donors (Lipinski definition) is 0. The van der Waals surface area contributed by atoms with Gasteiger partial charge in [0.1, 0.15) is 23.0 Å². The molecule has 2 heterocycles. The van der Waals surface area contributed by atoms with Crippen molar-refractivity contribution in [2.24, 2.45) is 0 Å². The van der Waals surface area contributed by atoms with Crippen molar-refractivity contribution in [1.82, 2.24) is 0 Å². The standard InChI is InChI=1S/C70H50N2O2/c1-48(2)58-32-12-16-36-64(58)71(54-30-20-28-52(44-54)49-22-6-3-7-23-49)56-40-42-62-68(46-56)74-69-47-57(41-43-63(69)70(62)60-34-14-18-38-66(60)73-67-39-19-15-35-61(67)70)72(55-31-21-29-53(45-55)50-24-8-4-9-25-50)65-37-17-13-33-59(65)51-26-10-5-11-27-51/h3-47H,1H2,2H3. The molecule has 0 N–H and O–H groups in total. The van der Waals surface area contributed by atoms with E-state index in [4.69, 9.17) is 9.47 Å². The van der Waals surface area contributed by atoms with Gasteiger partial charge < -0.3 is 19.3 Å². The number of para-hydroxylation sites is 4. The minimum atomic E-state index is -0.820. The minimum Gasteiger partial charge on any atom is -0.457 e. The summed E-state index contributed by atoms with van der Waals surface area (Å²) in [6, 6.07) is 97.1. The summed E-state index contributed by atoms with van der Waals surface area (Å²) in [6.07, 6.45) is 0. The Hall–Kier alpha value is -9.64. The van der Waals surface area contributed by atoms with Crippen LogP contribution in [0.2, 0.25) is 0 Å². The van der Waals surface area contributed by atoms with E-state index < -0.39 is 5.41 Å². The second kappa shape index (κ2) is 18.5. The molecule has 0 bridgehead atoms. The van der Waals surface area contributed by atoms with Crippen molar-refractivity contribution in [1.29, 1.82) is 0 Å². The van der Waals surface area contributed by atoms with Gasteiger partial charge in [-0.1, -0.05) is 207 Å². The molecule has 2 aliphatic heterocycles. The Labute approximate surface area is 433 Å². The number of hydrogen-bond acceptors (Lipinski definition) is 4. The first-order chi connectivity index (χ1) is 36.5. The third kappa shape index (κ3) is 7.55. The summed E-state index contributed by atoms with van der Waals surface area (Å²) >= 11 is 0. The second-order valence-electron chi connectivity index (χ2n) is 19.0. The molecule has 0 saturated heterocycles. The average molecular weight is 951 g/mol. The number of allylic oxidation sites excluding steroid dienone is 1. The van der Waals surface area contributed by atoms with Crippen molar-refractivity contribution in [3.63, 3.8) is 0 Å². The van der Waals surface area contributed by atoms with Gasteiger partial charge in [0.25, 0.3) is 0 Å². The van der Waals surface area contributed by atoms with E-state index in [2.05, 4.69) is 296 Å². The molecule has 352 valence electrons. The smallest absolute Gasteiger partial charge is 0.134 e. The number of rotatable bonds is 10. The number of benzene rings is 11. The van der Waals surface area contributed by atoms with Crippen LogP contribution in [0.3, 0.4) is 0 Å². The van der Waals surface area contributed by atoms with E-state index in [0.717, 1.165) is 124 Å². The summed E-state index contributed by atoms with van der Waals surface area (Å²) in [7, 11) is 0. The van der Waals surface area contributed by atoms with Crippen LogP contribution in [-0.2, 0) is 5.41 Å². The first-order valence-corrected chi connectivity index (χ1v) is 25.2. The fourth-order valence-electron chi connectivity index (χ4n) is 11.3. The van der Waals surface area contributed by atoms with Crippen LogP contribution in [0.1, 0.15) is 34.7 Å². The van der Waals surface area contributed by atoms with Gasteiger partial charge in [-0.15, -0.1) is 0 Å². The van der Waals surface area contributed by atoms with Crippen LogP contribution in [0.15, 0.2) is 280 Å². The monoisotopic (exact) mass is 950 g/mol. The van der Waals surface area contributed by atoms with Gasteiger partial charge in [-0.3, -0.25) is 0 Å². The van der Waals surface area contributed by atoms with Crippen LogP contribution in [-0.4, -0.2) is 0 Å². The van der Waals surface area contributed by atoms with E-state index >= 15 is 0 Å². The normalized spacial score (nSPS) is 12.5. The molecule has 4 heteroatoms. The zero-order valence-electron chi connectivity index (χ0n) is 40.9. The van der Waals surface area contributed by atoms with Crippen molar-refractivity contribution in [2.75, 3.05) is 9.80 Å². The highest BCUT2D eigenvalue weighted by Gasteiger charge is 2.51. The van der Waals surface area contributed by atoms with Crippen LogP contribution < -0.4 is 19.3 Å². The lowest BCUT2D eigenvalue weighted by Gasteiger charge is -2.45. The van der Waals surface area contributed by atoms with E-state index in [0.29, 0.717) is 0 Å². The van der Waals surface area contributed by atoms with Crippen LogP contribution in [0.25, 0.3) is 39.0 Å². The molecule has 0 amide bonds. The first-order valence-electron chi connectivity index (χ1n) is 25.2. The molecular formula is C70H50N2O2. The lowest BCUT2D eigenvalue weighted by Crippen LogP contribution is -2.37. The summed E-state index contributed by atoms with van der Waals surface area (Å²) in [4.78, 5) is 4.71. The zero-order chi connectivity index (χ0) is 49.6. The third-order valence-corrected chi connectivity index (χ3v) is 14.5. The largest absolute Gasteiger partial charge is 0.457 e. The molecule has 0 aliphatic carbocycles. The fourth-order valence-corrected chi connectivity index (χ4v) is 11.3. The van der Waals surface area contributed by atoms with Crippen LogP contribution in [0.4, 0.5) is 34.1 Å². The molecular weight excluding hydrogens is 901 g/mol. The molecule has 0 atom stereocenters. The summed E-state index contributed by atoms with van der Waals surface area (Å²) in [6.45, 7) is 6.53. The molecule has 1 spiro atoms. The van der Waals surface area contributed by atoms with Crippen molar-refractivity contribution in [3.8, 4) is 56.4 Å². The van der Waals surface area contributed by atoms with Gasteiger partial charge in [0, 0.05) is 68.3 Å². The quantitative estimate of drug-likeness (QED) is 0.136. The van der Waals surface area contributed by atoms with Gasteiger partial charge in [0.05, 0.1) is 16.8 Å². The van der Waals surface area contributed by atoms with E-state index in [1.165, 1.54) is 0 Å². The maximum atomic E-state index is 7.53. The molecule has 0 radical (unpaired) electrons. The van der Waals surface area contributed by atoms with Crippen LogP contribution in [0, 0.1) is 0 Å². The van der Waals surface area contributed by atoms with Gasteiger partial charge in [-0.2, -0.15) is 0 Å². The molecule has 0 aromatic heterocycles. The van der Waals surface area contributed by atoms with E-state index in [-0.39, 0.29) is 0 Å². The predicted molar refractivity (Wildman–Crippen MR) is 305 cm³/mol. The number of fused-ring (bicyclic) bond motifs is 8. The number of nitrogens with zero attached hydrogens (tertiary/aromatic N) is 2. The minimum absolute atomic E-state index is 0.748. The Bertz CT molecular complexity index is 3860. The first kappa shape index (κ1) is 44.3. The molecule has 11 aromatic rings. The van der Waals surface area contributed by atoms with E-state index in [9.17, 15) is 0 Å². The fraction of sp³-hybridized carbons (Fsp3) is 0.0286. The van der Waals surface area contributed by atoms with Crippen LogP contribution >= 0.6 is 0 Å². The second-order valence-corrected chi connectivity index (χ2v) is 19.0. The average Bonchev–Trinajstić information content (AvgIpc) is 3.48. The summed E-state index contributed by atoms with van der Waals surface area (Å²) in [5.41, 5.74) is 18.2. The van der Waals surface area contributed by atoms with Crippen LogP contribution in [0.5, 0.6) is 23.0 Å². The molecule has 0 saturated carbocycles. The molecule has 11 aromatic carbocycles. The number of ether oxygens (including phenoxy) is 2. The lowest BCUT2D eigenvalue weighted by molar-refractivity contribution is 0.399. The molecule has 2 aliphatic rings. The molecule has 4 nitrogen and oxygen atoms in total. The van der Waals surface area contributed by atoms with E-state index in [1.54, 1.807) is 0 Å². The Morgan fingerprint density at radius 3 is 1.26 bits per heavy atom. The Balaban J connectivity index is 1.06. The summed E-state index contributed by atoms with van der Waals surface area (Å²) in [5.74, 6) is 3.12. The van der Waals surface area contributed by atoms with Crippen molar-refractivity contribution < 1.29 is 9.47 Å². The highest BCUT2D eigenvalue weighted by atomic mass is 16.5. The summed E-state index contributed by atoms with van der Waals surface area (Å²) < 4.78 is 14.3. The van der Waals surface area contributed by atoms with E-state index in [1.807, 2.05) is 0 Å². The predicted octanol–water partition coefficient (Wildman–Crippen LogP) is 19.3. The van der Waals surface area contributed by atoms with Crippen molar-refractivity contribution >= 4 is 39.7 Å². The Morgan fingerprint density at radius 1 is 0.324 bits per heavy atom. The zero-order valence-corrected chi connectivity index (χ0v) is 40.9. The molecule has 0 fully saturated rings. The van der Waals surface area contributed by atoms with Crippen molar-refractivity contribution in [3.05, 3.63) is 307 Å². The van der Waals surface area contributed by atoms with Gasteiger partial charge in [0.15, 0.2) is 0 Å². The topological polar surface area (TPSA) is 24.9 Å². The third-order valence-electron chi connectivity index (χ3n) is 14.5. The molecule has 0 unspecified atom stereocenters. The number of anilines is 6. The summed E-state index contributed by atoms with van der Waals surface area (Å²) in [5, 5.41) is 0. The SMILES string of the molecule is C=C(C)c1ccccc1N(c1cccc(-c2ccccc2)c1)c1ccc2c(c1)Oc1cc(N(c3cccc(-c4ccccc4)c3)c3ccccc3-c3ccccc3)ccc1C21c2ccccc2Oc2ccccc21. The highest BCUT2D eigenvalue weighted by Crippen LogP contribution is 2.63. The highest BCUT2D eigenvalue weighted by molar-refractivity contribution is 5.91. The van der Waals surface area contributed by atoms with Crippen molar-refractivity contribution in [2.45, 2.75) is 12.3 Å². The maximum Gasteiger partial charge on any atom is 0.134 e. The van der Waals surface area contributed by atoms with Gasteiger partial charge in [-0.05, 0) is 101 Å². The molecule has 74 heavy (non-hydrogen) atoms. The lowest BCUT2D eigenvalue weighted by atomic mass is 9.62. The van der Waals surface area contributed by atoms with Gasteiger partial charge >= 0.3 is 0 Å². The van der Waals surface area contributed by atoms with Gasteiger partial charge in [-0.25, -0.2) is 0 Å². The Kier molecular flexibility index (Phi) is 11.1. The Morgan fingerprint density at radius 2 is 0.716 bits per heavy atom. The maximum absolute atomic E-state index is 7.53. The van der Waals surface area contributed by atoms with Gasteiger partial charge in [0.2, 0.25) is 0 Å².